The van der Waals surface area contributed by atoms with Gasteiger partial charge < -0.3 is 39.5 Å². The van der Waals surface area contributed by atoms with Gasteiger partial charge in [0.2, 0.25) is 5.91 Å². The largest absolute Gasteiger partial charge is 0.505 e. The Balaban J connectivity index is 1.15. The molecule has 1 aromatic heterocycles. The molecule has 5 fully saturated rings. The molecule has 14 heteroatoms. The Labute approximate surface area is 318 Å². The lowest BCUT2D eigenvalue weighted by Gasteiger charge is -2.33. The van der Waals surface area contributed by atoms with E-state index in [0.717, 1.165) is 66.3 Å². The number of hydrogen-bond acceptors (Lipinski definition) is 11. The van der Waals surface area contributed by atoms with Gasteiger partial charge in [0.05, 0.1) is 26.5 Å². The number of halogens is 2. The van der Waals surface area contributed by atoms with Crippen LogP contribution in [-0.4, -0.2) is 107 Å². The van der Waals surface area contributed by atoms with E-state index in [1.165, 1.54) is 6.92 Å². The zero-order valence-corrected chi connectivity index (χ0v) is 30.9. The predicted octanol–water partition coefficient (Wildman–Crippen LogP) is 4.75. The molecule has 0 spiro atoms. The molecule has 4 aromatic rings. The molecule has 12 nitrogen and oxygen atoms in total. The van der Waals surface area contributed by atoms with Crippen LogP contribution in [-0.2, 0) is 22.7 Å². The van der Waals surface area contributed by atoms with E-state index in [-0.39, 0.29) is 66.7 Å². The van der Waals surface area contributed by atoms with Gasteiger partial charge in [0.15, 0.2) is 17.3 Å². The Morgan fingerprint density at radius 1 is 1.02 bits per heavy atom. The van der Waals surface area contributed by atoms with E-state index in [4.69, 9.17) is 24.2 Å². The fourth-order valence-electron chi connectivity index (χ4n) is 8.53. The molecule has 1 aliphatic carbocycles. The summed E-state index contributed by atoms with van der Waals surface area (Å²) >= 11 is 0. The monoisotopic (exact) mass is 756 g/mol. The summed E-state index contributed by atoms with van der Waals surface area (Å²) in [5.74, 6) is -1.35. The summed E-state index contributed by atoms with van der Waals surface area (Å²) < 4.78 is 50.5. The number of hydrogen-bond donors (Lipinski definition) is 3. The molecule has 9 rings (SSSR count). The van der Waals surface area contributed by atoms with Crippen molar-refractivity contribution in [2.75, 3.05) is 57.6 Å². The number of ether oxygens (including phenoxy) is 3. The SMILES string of the molecule is Cc1c(F)cc(O)c(F)c1-c1c(C2CC2)cc2c(N3CC4CC3CN4)nc(OC3CCOCC3)nc2c1OCc1ccc(CN2CCN(CO)CC2=O)cc1. The van der Waals surface area contributed by atoms with E-state index in [9.17, 15) is 15.0 Å². The van der Waals surface area contributed by atoms with Crippen LogP contribution in [0.4, 0.5) is 14.6 Å². The number of nitrogens with one attached hydrogen (secondary N) is 1. The normalized spacial score (nSPS) is 21.9. The number of aromatic nitrogens is 2. The molecule has 1 amide bonds. The molecule has 55 heavy (non-hydrogen) atoms. The highest BCUT2D eigenvalue weighted by atomic mass is 19.1. The number of anilines is 1. The standard InChI is InChI=1S/C41H46F2N6O6/c1-23-32(42)16-33(51)37(43)35(23)36-30(26-6-7-26)15-31-38(39(36)54-21-25-4-2-24(3-5-25)18-48-11-10-47(22-50)20-34(48)52)45-41(55-29-8-12-53-13-9-29)46-40(31)49-19-27-14-28(49)17-44-27/h2-5,15-16,26-29,44,50-51H,6-14,17-22H2,1H3. The van der Waals surface area contributed by atoms with Crippen LogP contribution >= 0.6 is 0 Å². The molecule has 5 heterocycles. The Morgan fingerprint density at radius 3 is 2.49 bits per heavy atom. The van der Waals surface area contributed by atoms with E-state index in [2.05, 4.69) is 10.2 Å². The van der Waals surface area contributed by atoms with Crippen LogP contribution < -0.4 is 19.7 Å². The molecule has 3 aromatic carbocycles. The van der Waals surface area contributed by atoms with Crippen molar-refractivity contribution in [2.45, 2.75) is 76.3 Å². The minimum absolute atomic E-state index is 0.0341. The zero-order chi connectivity index (χ0) is 37.8. The molecule has 1 saturated carbocycles. The van der Waals surface area contributed by atoms with E-state index >= 15 is 8.78 Å². The van der Waals surface area contributed by atoms with Gasteiger partial charge in [-0.25, -0.2) is 8.78 Å². The van der Waals surface area contributed by atoms with Crippen molar-refractivity contribution in [1.82, 2.24) is 25.1 Å². The van der Waals surface area contributed by atoms with Crippen LogP contribution in [0.1, 0.15) is 60.3 Å². The number of nitrogens with zero attached hydrogens (tertiary/aromatic N) is 5. The van der Waals surface area contributed by atoms with Crippen molar-refractivity contribution >= 4 is 22.6 Å². The maximum absolute atomic E-state index is 16.3. The minimum Gasteiger partial charge on any atom is -0.505 e. The second-order valence-corrected chi connectivity index (χ2v) is 15.6. The minimum atomic E-state index is -0.917. The Hall–Kier alpha value is -4.63. The van der Waals surface area contributed by atoms with Gasteiger partial charge in [-0.3, -0.25) is 9.69 Å². The van der Waals surface area contributed by atoms with Gasteiger partial charge in [-0.05, 0) is 60.4 Å². The highest BCUT2D eigenvalue weighted by molar-refractivity contribution is 6.01. The Bertz CT molecular complexity index is 2080. The number of rotatable bonds is 11. The average molecular weight is 757 g/mol. The van der Waals surface area contributed by atoms with Gasteiger partial charge in [0, 0.05) is 80.2 Å². The van der Waals surface area contributed by atoms with E-state index in [1.807, 2.05) is 30.3 Å². The van der Waals surface area contributed by atoms with Gasteiger partial charge in [0.1, 0.15) is 29.9 Å². The van der Waals surface area contributed by atoms with Crippen molar-refractivity contribution in [3.8, 4) is 28.6 Å². The van der Waals surface area contributed by atoms with Crippen LogP contribution in [0.5, 0.6) is 17.5 Å². The molecule has 4 saturated heterocycles. The van der Waals surface area contributed by atoms with Crippen LogP contribution in [0.3, 0.4) is 0 Å². The maximum atomic E-state index is 16.3. The third kappa shape index (κ3) is 7.05. The second-order valence-electron chi connectivity index (χ2n) is 15.6. The average Bonchev–Trinajstić information content (AvgIpc) is 3.82. The van der Waals surface area contributed by atoms with Crippen molar-refractivity contribution in [1.29, 1.82) is 0 Å². The molecule has 290 valence electrons. The zero-order valence-electron chi connectivity index (χ0n) is 30.9. The topological polar surface area (TPSA) is 133 Å². The summed E-state index contributed by atoms with van der Waals surface area (Å²) in [5, 5.41) is 24.4. The van der Waals surface area contributed by atoms with Crippen molar-refractivity contribution in [2.24, 2.45) is 0 Å². The van der Waals surface area contributed by atoms with Crippen LogP contribution in [0.2, 0.25) is 0 Å². The van der Waals surface area contributed by atoms with Crippen LogP contribution in [0.25, 0.3) is 22.0 Å². The van der Waals surface area contributed by atoms with Crippen molar-refractivity contribution in [3.05, 3.63) is 70.3 Å². The second kappa shape index (κ2) is 14.8. The van der Waals surface area contributed by atoms with Crippen molar-refractivity contribution < 1.29 is 38.0 Å². The van der Waals surface area contributed by atoms with E-state index in [1.54, 1.807) is 9.80 Å². The first-order valence-electron chi connectivity index (χ1n) is 19.4. The highest BCUT2D eigenvalue weighted by Gasteiger charge is 2.41. The third-order valence-electron chi connectivity index (χ3n) is 11.8. The lowest BCUT2D eigenvalue weighted by atomic mass is 9.90. The number of aliphatic hydroxyl groups is 1. The van der Waals surface area contributed by atoms with Gasteiger partial charge >= 0.3 is 6.01 Å². The molecule has 5 aliphatic rings. The summed E-state index contributed by atoms with van der Waals surface area (Å²) in [5.41, 5.74) is 3.41. The Morgan fingerprint density at radius 2 is 1.80 bits per heavy atom. The smallest absolute Gasteiger partial charge is 0.319 e. The molecule has 3 N–H and O–H groups in total. The lowest BCUT2D eigenvalue weighted by Crippen LogP contribution is -2.49. The number of phenolic OH excluding ortho intramolecular Hbond substituents is 1. The molecular formula is C41H46F2N6O6. The van der Waals surface area contributed by atoms with E-state index < -0.39 is 17.4 Å². The number of fused-ring (bicyclic) bond motifs is 3. The summed E-state index contributed by atoms with van der Waals surface area (Å²) in [6.45, 7) is 5.98. The third-order valence-corrected chi connectivity index (χ3v) is 11.8. The highest BCUT2D eigenvalue weighted by Crippen LogP contribution is 2.53. The number of amides is 1. The van der Waals surface area contributed by atoms with Gasteiger partial charge in [-0.1, -0.05) is 24.3 Å². The van der Waals surface area contributed by atoms with Gasteiger partial charge in [-0.2, -0.15) is 9.97 Å². The molecule has 4 aliphatic heterocycles. The first-order valence-corrected chi connectivity index (χ1v) is 19.4. The fourth-order valence-corrected chi connectivity index (χ4v) is 8.53. The Kier molecular flexibility index (Phi) is 9.69. The first kappa shape index (κ1) is 36.0. The van der Waals surface area contributed by atoms with Crippen molar-refractivity contribution in [3.63, 3.8) is 0 Å². The molecule has 0 radical (unpaired) electrons. The summed E-state index contributed by atoms with van der Waals surface area (Å²) in [6.07, 6.45) is 3.99. The first-order chi connectivity index (χ1) is 26.7. The molecule has 2 atom stereocenters. The quantitative estimate of drug-likeness (QED) is 0.196. The molecule has 2 unspecified atom stereocenters. The summed E-state index contributed by atoms with van der Waals surface area (Å²) in [7, 11) is 0. The van der Waals surface area contributed by atoms with Crippen LogP contribution in [0.15, 0.2) is 36.4 Å². The lowest BCUT2D eigenvalue weighted by molar-refractivity contribution is -0.138. The summed E-state index contributed by atoms with van der Waals surface area (Å²) in [4.78, 5) is 28.5. The number of aromatic hydroxyl groups is 1. The van der Waals surface area contributed by atoms with Gasteiger partial charge in [0.25, 0.3) is 0 Å². The fraction of sp³-hybridized carbons (Fsp3) is 0.488. The number of aliphatic hydroxyl groups excluding tert-OH is 1. The summed E-state index contributed by atoms with van der Waals surface area (Å²) in [6, 6.07) is 11.4. The number of carbonyl (C=O) groups is 1. The molecule has 2 bridgehead atoms. The number of piperazine rings is 2. The predicted molar refractivity (Wildman–Crippen MR) is 200 cm³/mol. The molecular weight excluding hydrogens is 710 g/mol. The van der Waals surface area contributed by atoms with E-state index in [0.29, 0.717) is 62.8 Å². The number of phenols is 1. The van der Waals surface area contributed by atoms with Crippen LogP contribution in [0, 0.1) is 18.6 Å². The number of carbonyl (C=O) groups excluding carboxylic acids is 1. The number of benzene rings is 3. The maximum Gasteiger partial charge on any atom is 0.319 e. The van der Waals surface area contributed by atoms with Gasteiger partial charge in [-0.15, -0.1) is 0 Å².